The minimum absolute atomic E-state index is 0.100. The lowest BCUT2D eigenvalue weighted by Gasteiger charge is -2.21. The molecule has 0 aliphatic carbocycles. The number of hydrogen-bond acceptors (Lipinski definition) is 6. The van der Waals surface area contributed by atoms with Gasteiger partial charge in [-0.05, 0) is 53.3 Å². The highest BCUT2D eigenvalue weighted by atomic mass is 32.2. The molecule has 0 bridgehead atoms. The number of carbonyl (C=O) groups is 2. The molecule has 3 aromatic carbocycles. The van der Waals surface area contributed by atoms with Crippen LogP contribution in [0, 0.1) is 0 Å². The number of amidine groups is 1. The van der Waals surface area contributed by atoms with Crippen molar-refractivity contribution in [1.82, 2.24) is 14.8 Å². The fourth-order valence-electron chi connectivity index (χ4n) is 4.67. The predicted molar refractivity (Wildman–Crippen MR) is 159 cm³/mol. The van der Waals surface area contributed by atoms with Gasteiger partial charge in [-0.1, -0.05) is 75.0 Å². The fourth-order valence-corrected chi connectivity index (χ4v) is 5.55. The van der Waals surface area contributed by atoms with E-state index in [1.165, 1.54) is 47.0 Å². The number of rotatable bonds is 8. The number of aliphatic imine (C=N–C) groups is 1. The molecule has 2 heterocycles. The number of para-hydroxylation sites is 1. The third-order valence-electron chi connectivity index (χ3n) is 6.83. The summed E-state index contributed by atoms with van der Waals surface area (Å²) in [4.78, 5) is 35.9. The number of thioether (sulfide) groups is 1. The van der Waals surface area contributed by atoms with Gasteiger partial charge in [-0.2, -0.15) is 4.99 Å². The molecule has 12 heteroatoms. The molecule has 0 saturated carbocycles. The summed E-state index contributed by atoms with van der Waals surface area (Å²) in [5.74, 6) is -0.00166. The highest BCUT2D eigenvalue weighted by molar-refractivity contribution is 8.15. The van der Waals surface area contributed by atoms with Crippen LogP contribution >= 0.6 is 11.8 Å². The van der Waals surface area contributed by atoms with E-state index in [2.05, 4.69) is 33.7 Å². The van der Waals surface area contributed by atoms with Crippen LogP contribution in [0.4, 0.5) is 18.9 Å². The summed E-state index contributed by atoms with van der Waals surface area (Å²) < 4.78 is 42.6. The van der Waals surface area contributed by atoms with Crippen molar-refractivity contribution < 1.29 is 27.5 Å². The van der Waals surface area contributed by atoms with Gasteiger partial charge in [0, 0.05) is 12.0 Å². The number of halogens is 3. The van der Waals surface area contributed by atoms with E-state index in [0.29, 0.717) is 16.7 Å². The molecule has 1 unspecified atom stereocenters. The molecule has 2 amide bonds. The Balaban J connectivity index is 1.24. The monoisotopic (exact) mass is 607 g/mol. The van der Waals surface area contributed by atoms with Crippen molar-refractivity contribution in [2.75, 3.05) is 10.7 Å². The van der Waals surface area contributed by atoms with Gasteiger partial charge in [0.25, 0.3) is 0 Å². The van der Waals surface area contributed by atoms with Gasteiger partial charge >= 0.3 is 6.36 Å². The Morgan fingerprint density at radius 3 is 2.40 bits per heavy atom. The summed E-state index contributed by atoms with van der Waals surface area (Å²) in [6, 6.07) is 20.5. The first-order chi connectivity index (χ1) is 20.5. The zero-order valence-electron chi connectivity index (χ0n) is 23.6. The molecule has 1 aliphatic heterocycles. The van der Waals surface area contributed by atoms with Crippen LogP contribution in [0.1, 0.15) is 50.2 Å². The smallest absolute Gasteiger partial charge is 0.406 e. The number of hydrogen-bond donors (Lipinski definition) is 0. The maximum Gasteiger partial charge on any atom is 0.573 e. The second-order valence-corrected chi connectivity index (χ2v) is 11.2. The summed E-state index contributed by atoms with van der Waals surface area (Å²) in [6.45, 7) is 6.05. The third kappa shape index (κ3) is 7.14. The first-order valence-electron chi connectivity index (χ1n) is 13.5. The molecular formula is C31H28F3N5O3S. The lowest BCUT2D eigenvalue weighted by atomic mass is 9.96. The summed E-state index contributed by atoms with van der Waals surface area (Å²) in [5, 5.41) is 4.82. The van der Waals surface area contributed by atoms with E-state index >= 15 is 0 Å². The highest BCUT2D eigenvalue weighted by Crippen LogP contribution is 2.33. The van der Waals surface area contributed by atoms with E-state index in [-0.39, 0.29) is 41.6 Å². The van der Waals surface area contributed by atoms with E-state index in [1.54, 1.807) is 4.90 Å². The van der Waals surface area contributed by atoms with E-state index in [1.807, 2.05) is 55.5 Å². The maximum atomic E-state index is 13.0. The van der Waals surface area contributed by atoms with E-state index in [4.69, 9.17) is 0 Å². The average Bonchev–Trinajstić information content (AvgIpc) is 3.59. The number of amides is 2. The molecule has 0 N–H and O–H groups in total. The van der Waals surface area contributed by atoms with Crippen LogP contribution in [0.5, 0.6) is 5.75 Å². The summed E-state index contributed by atoms with van der Waals surface area (Å²) in [7, 11) is 0. The van der Waals surface area contributed by atoms with E-state index < -0.39 is 6.36 Å². The Labute approximate surface area is 250 Å². The Morgan fingerprint density at radius 2 is 1.72 bits per heavy atom. The van der Waals surface area contributed by atoms with Crippen LogP contribution in [0.25, 0.3) is 17.1 Å². The summed E-state index contributed by atoms with van der Waals surface area (Å²) >= 11 is 1.27. The van der Waals surface area contributed by atoms with Crippen molar-refractivity contribution in [3.05, 3.63) is 90.3 Å². The molecule has 0 spiro atoms. The van der Waals surface area contributed by atoms with Gasteiger partial charge in [-0.15, -0.1) is 18.3 Å². The minimum Gasteiger partial charge on any atom is -0.406 e. The number of carbonyl (C=O) groups excluding carboxylic acids is 2. The average molecular weight is 608 g/mol. The van der Waals surface area contributed by atoms with E-state index in [0.717, 1.165) is 22.4 Å². The fraction of sp³-hybridized carbons (Fsp3) is 0.258. The molecule has 0 radical (unpaired) electrons. The topological polar surface area (TPSA) is 89.7 Å². The number of ether oxygens (including phenoxy) is 1. The number of alkyl halides is 3. The number of nitrogens with zero attached hydrogens (tertiary/aromatic N) is 5. The second-order valence-electron chi connectivity index (χ2n) is 10.3. The second kappa shape index (κ2) is 12.4. The van der Waals surface area contributed by atoms with Crippen LogP contribution in [-0.4, -0.2) is 43.9 Å². The van der Waals surface area contributed by atoms with Crippen molar-refractivity contribution in [1.29, 1.82) is 0 Å². The molecule has 1 atom stereocenters. The Kier molecular flexibility index (Phi) is 8.67. The lowest BCUT2D eigenvalue weighted by Crippen LogP contribution is -2.31. The van der Waals surface area contributed by atoms with Gasteiger partial charge in [0.2, 0.25) is 11.8 Å². The highest BCUT2D eigenvalue weighted by Gasteiger charge is 2.32. The molecule has 222 valence electrons. The van der Waals surface area contributed by atoms with Crippen molar-refractivity contribution in [3.63, 3.8) is 0 Å². The van der Waals surface area contributed by atoms with Gasteiger partial charge in [0.15, 0.2) is 11.0 Å². The Morgan fingerprint density at radius 1 is 1.02 bits per heavy atom. The molecule has 1 aliphatic rings. The largest absolute Gasteiger partial charge is 0.573 e. The minimum atomic E-state index is -4.76. The first kappa shape index (κ1) is 30.0. The van der Waals surface area contributed by atoms with E-state index in [9.17, 15) is 22.8 Å². The molecule has 43 heavy (non-hydrogen) atoms. The quantitative estimate of drug-likeness (QED) is 0.212. The number of benzene rings is 3. The van der Waals surface area contributed by atoms with Gasteiger partial charge in [0.1, 0.15) is 12.1 Å². The van der Waals surface area contributed by atoms with Crippen LogP contribution in [-0.2, 0) is 9.59 Å². The zero-order chi connectivity index (χ0) is 30.7. The third-order valence-corrected chi connectivity index (χ3v) is 7.75. The zero-order valence-corrected chi connectivity index (χ0v) is 24.4. The van der Waals surface area contributed by atoms with Crippen LogP contribution < -0.4 is 9.64 Å². The SMILES string of the molecule is CC(C)c1ccccc1N1C(=O)CSC1=NC(=O)CC(C)c1ccc(-c2ncn(-c3ccc(OC(F)(F)F)cc3)n2)cc1. The molecule has 1 saturated heterocycles. The standard InChI is InChI=1S/C31H28F3N5O3S/c1-19(2)25-6-4-5-7-26(25)39-28(41)17-43-30(39)36-27(40)16-20(3)21-8-10-22(11-9-21)29-35-18-38(37-29)23-12-14-24(15-13-23)42-31(32,33)34/h4-15,18-20H,16-17H2,1-3H3. The Hall–Kier alpha value is -4.45. The van der Waals surface area contributed by atoms with Crippen molar-refractivity contribution >= 4 is 34.4 Å². The summed E-state index contributed by atoms with van der Waals surface area (Å²) in [6.07, 6.45) is -3.13. The predicted octanol–water partition coefficient (Wildman–Crippen LogP) is 7.11. The van der Waals surface area contributed by atoms with Crippen molar-refractivity contribution in [2.45, 2.75) is 45.4 Å². The van der Waals surface area contributed by atoms with Gasteiger partial charge in [-0.3, -0.25) is 14.5 Å². The Bertz CT molecular complexity index is 1650. The van der Waals surface area contributed by atoms with Gasteiger partial charge in [0.05, 0.1) is 17.1 Å². The number of aromatic nitrogens is 3. The van der Waals surface area contributed by atoms with Crippen LogP contribution in [0.2, 0.25) is 0 Å². The molecule has 4 aromatic rings. The van der Waals surface area contributed by atoms with Crippen LogP contribution in [0.3, 0.4) is 0 Å². The maximum absolute atomic E-state index is 13.0. The molecular weight excluding hydrogens is 579 g/mol. The molecule has 1 fully saturated rings. The molecule has 5 rings (SSSR count). The number of anilines is 1. The molecule has 8 nitrogen and oxygen atoms in total. The molecule has 1 aromatic heterocycles. The van der Waals surface area contributed by atoms with Crippen LogP contribution in [0.15, 0.2) is 84.1 Å². The normalized spacial score (nSPS) is 15.4. The van der Waals surface area contributed by atoms with Crippen molar-refractivity contribution in [2.24, 2.45) is 4.99 Å². The van der Waals surface area contributed by atoms with Crippen molar-refractivity contribution in [3.8, 4) is 22.8 Å². The van der Waals surface area contributed by atoms with Gasteiger partial charge in [-0.25, -0.2) is 9.67 Å². The summed E-state index contributed by atoms with van der Waals surface area (Å²) in [5.41, 5.74) is 3.95. The lowest BCUT2D eigenvalue weighted by molar-refractivity contribution is -0.274. The first-order valence-corrected chi connectivity index (χ1v) is 14.5. The van der Waals surface area contributed by atoms with Gasteiger partial charge < -0.3 is 4.74 Å².